The molecule has 4 rings (SSSR count). The minimum Gasteiger partial charge on any atom is -0.493 e. The van der Waals surface area contributed by atoms with Gasteiger partial charge in [-0.1, -0.05) is 30.8 Å². The van der Waals surface area contributed by atoms with Gasteiger partial charge in [0.1, 0.15) is 6.04 Å². The molecule has 2 aromatic rings. The smallest absolute Gasteiger partial charge is 0.161 e. The summed E-state index contributed by atoms with van der Waals surface area (Å²) in [6.07, 6.45) is 1.83. The van der Waals surface area contributed by atoms with Crippen molar-refractivity contribution in [3.63, 3.8) is 0 Å². The van der Waals surface area contributed by atoms with Crippen molar-refractivity contribution in [2.24, 2.45) is 4.99 Å². The summed E-state index contributed by atoms with van der Waals surface area (Å²) in [4.78, 5) is 12.0. The fourth-order valence-electron chi connectivity index (χ4n) is 3.51. The highest BCUT2D eigenvalue weighted by atomic mass is 32.2. The van der Waals surface area contributed by atoms with Crippen molar-refractivity contribution in [2.45, 2.75) is 24.3 Å². The molecule has 1 aromatic heterocycles. The van der Waals surface area contributed by atoms with Gasteiger partial charge in [0, 0.05) is 18.0 Å². The van der Waals surface area contributed by atoms with Crippen molar-refractivity contribution < 1.29 is 9.47 Å². The molecule has 1 saturated heterocycles. The lowest BCUT2D eigenvalue weighted by Crippen LogP contribution is -2.28. The van der Waals surface area contributed by atoms with Crippen LogP contribution in [0.15, 0.2) is 47.6 Å². The molecule has 5 nitrogen and oxygen atoms in total. The van der Waals surface area contributed by atoms with Gasteiger partial charge < -0.3 is 14.4 Å². The highest BCUT2D eigenvalue weighted by Gasteiger charge is 2.43. The van der Waals surface area contributed by atoms with E-state index in [1.165, 1.54) is 5.56 Å². The number of fused-ring (bicyclic) bond motifs is 1. The van der Waals surface area contributed by atoms with Gasteiger partial charge in [0.25, 0.3) is 0 Å². The standard InChI is InChI=1S/C19H21N3O2S/c1-12-11-22-18(13-7-8-15(23-2)16(10-13)24-3)17(21-19(22)25-12)14-6-4-5-9-20-14/h4-10,12,17-18H,11H2,1-3H3/t12-,17-,18-/m1/s1. The Morgan fingerprint density at radius 3 is 2.68 bits per heavy atom. The lowest BCUT2D eigenvalue weighted by Gasteiger charge is -2.27. The van der Waals surface area contributed by atoms with Crippen molar-refractivity contribution in [1.82, 2.24) is 9.88 Å². The Morgan fingerprint density at radius 1 is 1.12 bits per heavy atom. The lowest BCUT2D eigenvalue weighted by atomic mass is 9.96. The molecular weight excluding hydrogens is 334 g/mol. The number of thioether (sulfide) groups is 1. The third kappa shape index (κ3) is 2.84. The summed E-state index contributed by atoms with van der Waals surface area (Å²) < 4.78 is 10.9. The zero-order valence-corrected chi connectivity index (χ0v) is 15.4. The number of hydrogen-bond donors (Lipinski definition) is 0. The Balaban J connectivity index is 1.77. The van der Waals surface area contributed by atoms with Gasteiger partial charge in [-0.15, -0.1) is 0 Å². The Morgan fingerprint density at radius 2 is 1.96 bits per heavy atom. The minimum atomic E-state index is -0.00528. The SMILES string of the molecule is COc1ccc([C@@H]2[C@@H](c3ccccn3)N=C3S[C@H](C)CN32)cc1OC. The Bertz CT molecular complexity index is 797. The van der Waals surface area contributed by atoms with E-state index in [1.54, 1.807) is 14.2 Å². The van der Waals surface area contributed by atoms with Gasteiger partial charge >= 0.3 is 0 Å². The van der Waals surface area contributed by atoms with E-state index in [9.17, 15) is 0 Å². The highest BCUT2D eigenvalue weighted by molar-refractivity contribution is 8.14. The number of ether oxygens (including phenoxy) is 2. The fraction of sp³-hybridized carbons (Fsp3) is 0.368. The second kappa shape index (κ2) is 6.59. The number of aliphatic imine (C=N–C) groups is 1. The maximum absolute atomic E-state index is 5.51. The van der Waals surface area contributed by atoms with Crippen LogP contribution in [0, 0.1) is 0 Å². The van der Waals surface area contributed by atoms with Crippen LogP contribution in [0.1, 0.15) is 30.3 Å². The van der Waals surface area contributed by atoms with Crippen molar-refractivity contribution in [2.75, 3.05) is 20.8 Å². The molecule has 3 heterocycles. The number of pyridine rings is 1. The van der Waals surface area contributed by atoms with Crippen LogP contribution in [0.5, 0.6) is 11.5 Å². The molecule has 0 amide bonds. The third-order valence-electron chi connectivity index (χ3n) is 4.63. The monoisotopic (exact) mass is 355 g/mol. The number of aromatic nitrogens is 1. The average molecular weight is 355 g/mol. The first-order valence-corrected chi connectivity index (χ1v) is 9.23. The number of rotatable bonds is 4. The quantitative estimate of drug-likeness (QED) is 0.837. The van der Waals surface area contributed by atoms with E-state index in [4.69, 9.17) is 14.5 Å². The number of amidine groups is 1. The van der Waals surface area contributed by atoms with Gasteiger partial charge in [-0.25, -0.2) is 0 Å². The molecule has 2 aliphatic rings. The first-order chi connectivity index (χ1) is 12.2. The van der Waals surface area contributed by atoms with Crippen LogP contribution in [-0.4, -0.2) is 41.1 Å². The lowest BCUT2D eigenvalue weighted by molar-refractivity contribution is 0.317. The van der Waals surface area contributed by atoms with Gasteiger partial charge in [0.2, 0.25) is 0 Å². The van der Waals surface area contributed by atoms with Crippen LogP contribution < -0.4 is 9.47 Å². The summed E-state index contributed by atoms with van der Waals surface area (Å²) in [5.41, 5.74) is 2.17. The maximum Gasteiger partial charge on any atom is 0.161 e. The number of methoxy groups -OCH3 is 2. The van der Waals surface area contributed by atoms with Crippen LogP contribution in [0.3, 0.4) is 0 Å². The molecule has 0 radical (unpaired) electrons. The molecule has 130 valence electrons. The van der Waals surface area contributed by atoms with Crippen LogP contribution >= 0.6 is 11.8 Å². The van der Waals surface area contributed by atoms with Gasteiger partial charge in [-0.2, -0.15) is 0 Å². The van der Waals surface area contributed by atoms with Crippen LogP contribution in [-0.2, 0) is 0 Å². The zero-order chi connectivity index (χ0) is 17.4. The van der Waals surface area contributed by atoms with Gasteiger partial charge in [-0.05, 0) is 29.8 Å². The minimum absolute atomic E-state index is 0.00528. The zero-order valence-electron chi connectivity index (χ0n) is 14.5. The van der Waals surface area contributed by atoms with Crippen LogP contribution in [0.25, 0.3) is 0 Å². The van der Waals surface area contributed by atoms with Crippen molar-refractivity contribution in [3.8, 4) is 11.5 Å². The van der Waals surface area contributed by atoms with Crippen LogP contribution in [0.2, 0.25) is 0 Å². The Kier molecular flexibility index (Phi) is 4.29. The van der Waals surface area contributed by atoms with Crippen molar-refractivity contribution in [3.05, 3.63) is 53.9 Å². The molecule has 0 saturated carbocycles. The number of nitrogens with zero attached hydrogens (tertiary/aromatic N) is 3. The average Bonchev–Trinajstić information content (AvgIpc) is 3.17. The summed E-state index contributed by atoms with van der Waals surface area (Å²) in [5.74, 6) is 1.48. The molecule has 0 unspecified atom stereocenters. The van der Waals surface area contributed by atoms with Gasteiger partial charge in [-0.3, -0.25) is 9.98 Å². The number of benzene rings is 1. The van der Waals surface area contributed by atoms with E-state index in [0.717, 1.165) is 28.9 Å². The molecule has 0 N–H and O–H groups in total. The molecule has 0 aliphatic carbocycles. The van der Waals surface area contributed by atoms with Crippen LogP contribution in [0.4, 0.5) is 0 Å². The third-order valence-corrected chi connectivity index (χ3v) is 5.73. The first-order valence-electron chi connectivity index (χ1n) is 8.35. The molecule has 1 fully saturated rings. The van der Waals surface area contributed by atoms with E-state index < -0.39 is 0 Å². The highest BCUT2D eigenvalue weighted by Crippen LogP contribution is 2.48. The molecule has 3 atom stereocenters. The molecule has 25 heavy (non-hydrogen) atoms. The Labute approximate surface area is 152 Å². The summed E-state index contributed by atoms with van der Waals surface area (Å²) in [7, 11) is 3.33. The van der Waals surface area contributed by atoms with E-state index in [2.05, 4.69) is 35.0 Å². The summed E-state index contributed by atoms with van der Waals surface area (Å²) in [5, 5.41) is 1.66. The molecule has 2 aliphatic heterocycles. The normalized spacial score (nSPS) is 24.8. The summed E-state index contributed by atoms with van der Waals surface area (Å²) in [6.45, 7) is 3.23. The predicted molar refractivity (Wildman–Crippen MR) is 100 cm³/mol. The summed E-state index contributed by atoms with van der Waals surface area (Å²) >= 11 is 1.84. The topological polar surface area (TPSA) is 47.0 Å². The summed E-state index contributed by atoms with van der Waals surface area (Å²) in [6, 6.07) is 12.3. The van der Waals surface area contributed by atoms with Crippen molar-refractivity contribution >= 4 is 16.9 Å². The van der Waals surface area contributed by atoms with E-state index in [0.29, 0.717) is 5.25 Å². The molecule has 6 heteroatoms. The van der Waals surface area contributed by atoms with E-state index in [1.807, 2.05) is 36.2 Å². The van der Waals surface area contributed by atoms with Crippen molar-refractivity contribution in [1.29, 1.82) is 0 Å². The van der Waals surface area contributed by atoms with Gasteiger partial charge in [0.15, 0.2) is 16.7 Å². The molecule has 1 aromatic carbocycles. The Hall–Kier alpha value is -2.21. The van der Waals surface area contributed by atoms with E-state index >= 15 is 0 Å². The molecule has 0 spiro atoms. The first kappa shape index (κ1) is 16.3. The van der Waals surface area contributed by atoms with Gasteiger partial charge in [0.05, 0.1) is 26.0 Å². The van der Waals surface area contributed by atoms with E-state index in [-0.39, 0.29) is 12.1 Å². The molecular formula is C19H21N3O2S. The second-order valence-corrected chi connectivity index (χ2v) is 7.66. The second-order valence-electron chi connectivity index (χ2n) is 6.25. The molecule has 0 bridgehead atoms. The number of hydrogen-bond acceptors (Lipinski definition) is 6. The maximum atomic E-state index is 5.51. The predicted octanol–water partition coefficient (Wildman–Crippen LogP) is 3.69. The fourth-order valence-corrected chi connectivity index (χ4v) is 4.61. The largest absolute Gasteiger partial charge is 0.493 e.